The standard InChI is InChI=1S/C21H15ClFNO5S/c22-15-9-13-11-19(20(15)25)30(27)24-17-10-12(5-6-16(17)23)14-3-1-2-4-18(14)28-7-8-29-21(13)26/h1-6,9-11,24-25H,7-8H2. The Morgan fingerprint density at radius 3 is 2.63 bits per heavy atom. The Morgan fingerprint density at radius 1 is 1.03 bits per heavy atom. The molecule has 1 aliphatic rings. The first-order valence-corrected chi connectivity index (χ1v) is 10.4. The van der Waals surface area contributed by atoms with Gasteiger partial charge in [-0.2, -0.15) is 0 Å². The van der Waals surface area contributed by atoms with Crippen LogP contribution in [0.25, 0.3) is 11.1 Å². The number of fused-ring (bicyclic) bond motifs is 6. The van der Waals surface area contributed by atoms with Gasteiger partial charge in [0.1, 0.15) is 29.7 Å². The smallest absolute Gasteiger partial charge is 0.338 e. The molecule has 1 aliphatic heterocycles. The largest absolute Gasteiger partial charge is 0.505 e. The van der Waals surface area contributed by atoms with Crippen molar-refractivity contribution in [1.29, 1.82) is 0 Å². The Bertz CT molecular complexity index is 1170. The van der Waals surface area contributed by atoms with Gasteiger partial charge in [-0.15, -0.1) is 0 Å². The summed E-state index contributed by atoms with van der Waals surface area (Å²) in [6, 6.07) is 13.8. The molecular formula is C21H15ClFNO5S. The normalized spacial score (nSPS) is 16.2. The number of aromatic hydroxyl groups is 1. The highest BCUT2D eigenvalue weighted by molar-refractivity contribution is 7.86. The fourth-order valence-electron chi connectivity index (χ4n) is 2.96. The SMILES string of the molecule is O=C1OCCOc2ccccc2-c2ccc(F)c(c2)NS(=O)c2cc1cc(Cl)c2O. The number of hydrogen-bond acceptors (Lipinski definition) is 5. The van der Waals surface area contributed by atoms with Crippen molar-refractivity contribution in [2.45, 2.75) is 4.90 Å². The fourth-order valence-corrected chi connectivity index (χ4v) is 4.22. The van der Waals surface area contributed by atoms with Crippen LogP contribution in [0.3, 0.4) is 0 Å². The molecule has 0 aromatic heterocycles. The second-order valence-corrected chi connectivity index (χ2v) is 7.94. The van der Waals surface area contributed by atoms with E-state index in [1.807, 2.05) is 0 Å². The van der Waals surface area contributed by atoms with E-state index in [-0.39, 0.29) is 34.4 Å². The van der Waals surface area contributed by atoms with Crippen LogP contribution in [0.5, 0.6) is 11.5 Å². The summed E-state index contributed by atoms with van der Waals surface area (Å²) in [4.78, 5) is 12.2. The van der Waals surface area contributed by atoms with Crippen LogP contribution in [0.2, 0.25) is 5.02 Å². The van der Waals surface area contributed by atoms with Crippen LogP contribution in [0.1, 0.15) is 10.4 Å². The minimum absolute atomic E-state index is 0.00700. The maximum absolute atomic E-state index is 14.4. The number of carbonyl (C=O) groups is 1. The van der Waals surface area contributed by atoms with Crippen LogP contribution in [-0.4, -0.2) is 28.5 Å². The van der Waals surface area contributed by atoms with Gasteiger partial charge >= 0.3 is 5.97 Å². The van der Waals surface area contributed by atoms with E-state index in [9.17, 15) is 18.5 Å². The topological polar surface area (TPSA) is 84.9 Å². The first-order valence-electron chi connectivity index (χ1n) is 8.84. The third-order valence-electron chi connectivity index (χ3n) is 4.41. The number of phenols is 1. The summed E-state index contributed by atoms with van der Waals surface area (Å²) in [6.07, 6.45) is 0. The Balaban J connectivity index is 1.84. The molecule has 3 aromatic rings. The van der Waals surface area contributed by atoms with Crippen LogP contribution in [-0.2, 0) is 15.7 Å². The third-order valence-corrected chi connectivity index (χ3v) is 5.81. The number of hydrogen-bond donors (Lipinski definition) is 2. The average Bonchev–Trinajstić information content (AvgIpc) is 2.74. The first-order chi connectivity index (χ1) is 14.4. The predicted molar refractivity (Wildman–Crippen MR) is 111 cm³/mol. The predicted octanol–water partition coefficient (Wildman–Crippen LogP) is 4.54. The van der Waals surface area contributed by atoms with E-state index in [4.69, 9.17) is 21.1 Å². The van der Waals surface area contributed by atoms with Crippen molar-refractivity contribution < 1.29 is 28.0 Å². The van der Waals surface area contributed by atoms with Gasteiger partial charge < -0.3 is 14.6 Å². The summed E-state index contributed by atoms with van der Waals surface area (Å²) in [5.41, 5.74) is 1.24. The zero-order valence-corrected chi connectivity index (χ0v) is 16.9. The Hall–Kier alpha value is -3.10. The van der Waals surface area contributed by atoms with Gasteiger partial charge in [0.05, 0.1) is 16.3 Å². The number of carbonyl (C=O) groups excluding carboxylic acids is 1. The number of phenolic OH excluding ortho intramolecular Hbond substituents is 1. The van der Waals surface area contributed by atoms with Crippen molar-refractivity contribution in [1.82, 2.24) is 0 Å². The van der Waals surface area contributed by atoms with E-state index in [1.54, 1.807) is 30.3 Å². The van der Waals surface area contributed by atoms with Crippen LogP contribution >= 0.6 is 11.6 Å². The lowest BCUT2D eigenvalue weighted by molar-refractivity contribution is 0.0450. The molecule has 0 radical (unpaired) electrons. The minimum Gasteiger partial charge on any atom is -0.505 e. The monoisotopic (exact) mass is 447 g/mol. The van der Waals surface area contributed by atoms with Crippen molar-refractivity contribution in [3.8, 4) is 22.6 Å². The highest BCUT2D eigenvalue weighted by Gasteiger charge is 2.20. The van der Waals surface area contributed by atoms with Gasteiger partial charge in [-0.3, -0.25) is 4.72 Å². The van der Waals surface area contributed by atoms with E-state index in [0.717, 1.165) is 0 Å². The Labute approximate surface area is 178 Å². The fraction of sp³-hybridized carbons (Fsp3) is 0.0952. The Kier molecular flexibility index (Phi) is 5.61. The molecule has 9 heteroatoms. The molecule has 0 saturated carbocycles. The van der Waals surface area contributed by atoms with Gasteiger partial charge in [0.2, 0.25) is 0 Å². The summed E-state index contributed by atoms with van der Waals surface area (Å²) < 4.78 is 40.7. The molecule has 0 aliphatic carbocycles. The van der Waals surface area contributed by atoms with E-state index in [0.29, 0.717) is 16.9 Å². The molecule has 1 atom stereocenters. The molecular weight excluding hydrogens is 433 g/mol. The number of cyclic esters (lactones) is 1. The third kappa shape index (κ3) is 3.96. The summed E-state index contributed by atoms with van der Waals surface area (Å²) in [5, 5.41) is 10.0. The average molecular weight is 448 g/mol. The lowest BCUT2D eigenvalue weighted by Crippen LogP contribution is -2.13. The van der Waals surface area contributed by atoms with Gasteiger partial charge in [-0.05, 0) is 35.9 Å². The number of halogens is 2. The molecule has 2 N–H and O–H groups in total. The molecule has 154 valence electrons. The van der Waals surface area contributed by atoms with Gasteiger partial charge in [0.25, 0.3) is 0 Å². The van der Waals surface area contributed by atoms with Crippen LogP contribution in [0, 0.1) is 5.82 Å². The molecule has 4 bridgehead atoms. The highest BCUT2D eigenvalue weighted by atomic mass is 35.5. The lowest BCUT2D eigenvalue weighted by atomic mass is 10.0. The zero-order valence-electron chi connectivity index (χ0n) is 15.4. The number of benzene rings is 3. The molecule has 0 spiro atoms. The first kappa shape index (κ1) is 20.2. The molecule has 1 unspecified atom stereocenters. The van der Waals surface area contributed by atoms with E-state index in [1.165, 1.54) is 24.3 Å². The zero-order chi connectivity index (χ0) is 21.3. The molecule has 1 heterocycles. The number of rotatable bonds is 0. The number of ether oxygens (including phenoxy) is 2. The van der Waals surface area contributed by atoms with E-state index >= 15 is 0 Å². The molecule has 3 aromatic carbocycles. The number of esters is 1. The molecule has 30 heavy (non-hydrogen) atoms. The minimum atomic E-state index is -2.12. The van der Waals surface area contributed by atoms with Gasteiger partial charge in [-0.25, -0.2) is 13.4 Å². The van der Waals surface area contributed by atoms with Crippen molar-refractivity contribution in [2.24, 2.45) is 0 Å². The second kappa shape index (κ2) is 8.33. The summed E-state index contributed by atoms with van der Waals surface area (Å²) >= 11 is 5.98. The lowest BCUT2D eigenvalue weighted by Gasteiger charge is -2.13. The maximum Gasteiger partial charge on any atom is 0.338 e. The molecule has 0 amide bonds. The quantitative estimate of drug-likeness (QED) is 0.494. The number of nitrogens with one attached hydrogen (secondary N) is 1. The summed E-state index contributed by atoms with van der Waals surface area (Å²) in [6.45, 7) is 0.0384. The van der Waals surface area contributed by atoms with Crippen LogP contribution in [0.15, 0.2) is 59.5 Å². The van der Waals surface area contributed by atoms with Crippen molar-refractivity contribution in [3.05, 3.63) is 71.0 Å². The molecule has 6 nitrogen and oxygen atoms in total. The van der Waals surface area contributed by atoms with Crippen molar-refractivity contribution in [2.75, 3.05) is 17.9 Å². The van der Waals surface area contributed by atoms with Gasteiger partial charge in [0, 0.05) is 5.56 Å². The number of anilines is 1. The summed E-state index contributed by atoms with van der Waals surface area (Å²) in [5.74, 6) is -1.33. The molecule has 4 rings (SSSR count). The van der Waals surface area contributed by atoms with E-state index < -0.39 is 28.5 Å². The van der Waals surface area contributed by atoms with E-state index in [2.05, 4.69) is 4.72 Å². The second-order valence-electron chi connectivity index (χ2n) is 6.35. The number of para-hydroxylation sites is 1. The van der Waals surface area contributed by atoms with Gasteiger partial charge in [0.15, 0.2) is 16.7 Å². The van der Waals surface area contributed by atoms with Crippen molar-refractivity contribution in [3.63, 3.8) is 0 Å². The molecule has 0 fully saturated rings. The maximum atomic E-state index is 14.4. The van der Waals surface area contributed by atoms with Crippen LogP contribution < -0.4 is 9.46 Å². The van der Waals surface area contributed by atoms with Crippen molar-refractivity contribution >= 4 is 34.2 Å². The highest BCUT2D eigenvalue weighted by Crippen LogP contribution is 2.35. The Morgan fingerprint density at radius 2 is 1.80 bits per heavy atom. The molecule has 0 saturated heterocycles. The van der Waals surface area contributed by atoms with Crippen LogP contribution in [0.4, 0.5) is 10.1 Å². The van der Waals surface area contributed by atoms with Gasteiger partial charge in [-0.1, -0.05) is 35.9 Å². The summed E-state index contributed by atoms with van der Waals surface area (Å²) in [7, 11) is -2.12.